The Bertz CT molecular complexity index is 791. The highest BCUT2D eigenvalue weighted by Gasteiger charge is 2.27. The van der Waals surface area contributed by atoms with Gasteiger partial charge in [-0.05, 0) is 23.8 Å². The molecule has 1 heterocycles. The molecular formula is C15H12N2O4S. The molecule has 1 amide bonds. The van der Waals surface area contributed by atoms with Crippen LogP contribution in [0.5, 0.6) is 0 Å². The zero-order valence-corrected chi connectivity index (χ0v) is 12.5. The molecule has 0 saturated heterocycles. The summed E-state index contributed by atoms with van der Waals surface area (Å²) < 4.78 is 0. The highest BCUT2D eigenvalue weighted by Crippen LogP contribution is 2.49. The molecule has 0 radical (unpaired) electrons. The molecule has 0 unspecified atom stereocenters. The third-order valence-corrected chi connectivity index (χ3v) is 4.47. The van der Waals surface area contributed by atoms with Gasteiger partial charge in [0.15, 0.2) is 0 Å². The van der Waals surface area contributed by atoms with E-state index in [4.69, 9.17) is 0 Å². The summed E-state index contributed by atoms with van der Waals surface area (Å²) in [5.74, 6) is -0.173. The van der Waals surface area contributed by atoms with Crippen molar-refractivity contribution in [2.24, 2.45) is 0 Å². The van der Waals surface area contributed by atoms with Gasteiger partial charge in [0.2, 0.25) is 5.91 Å². The quantitative estimate of drug-likeness (QED) is 0.679. The lowest BCUT2D eigenvalue weighted by molar-refractivity contribution is -0.385. The maximum Gasteiger partial charge on any atom is 0.270 e. The van der Waals surface area contributed by atoms with Crippen LogP contribution in [-0.2, 0) is 11.4 Å². The molecule has 0 aliphatic carbocycles. The minimum absolute atomic E-state index is 0.0171. The topological polar surface area (TPSA) is 83.7 Å². The molecule has 3 rings (SSSR count). The summed E-state index contributed by atoms with van der Waals surface area (Å²) >= 11 is 1.36. The largest absolute Gasteiger partial charge is 0.392 e. The summed E-state index contributed by atoms with van der Waals surface area (Å²) in [6.45, 7) is 1.35. The van der Waals surface area contributed by atoms with E-state index in [0.29, 0.717) is 10.6 Å². The lowest BCUT2D eigenvalue weighted by atomic mass is 10.1. The number of benzene rings is 2. The average molecular weight is 316 g/mol. The normalized spacial score (nSPS) is 12.5. The van der Waals surface area contributed by atoms with Crippen LogP contribution in [0.25, 0.3) is 0 Å². The lowest BCUT2D eigenvalue weighted by Gasteiger charge is -2.30. The highest BCUT2D eigenvalue weighted by molar-refractivity contribution is 7.99. The van der Waals surface area contributed by atoms with Crippen molar-refractivity contribution in [1.82, 2.24) is 0 Å². The number of carbonyl (C=O) groups is 1. The number of amides is 1. The van der Waals surface area contributed by atoms with Crippen LogP contribution in [0.1, 0.15) is 12.5 Å². The number of nitrogens with zero attached hydrogens (tertiary/aromatic N) is 2. The Kier molecular flexibility index (Phi) is 3.59. The summed E-state index contributed by atoms with van der Waals surface area (Å²) in [5, 5.41) is 20.2. The summed E-state index contributed by atoms with van der Waals surface area (Å²) in [6, 6.07) is 9.76. The third-order valence-electron chi connectivity index (χ3n) is 3.38. The minimum atomic E-state index is -0.460. The van der Waals surface area contributed by atoms with Gasteiger partial charge in [0.1, 0.15) is 0 Å². The number of nitro benzene ring substituents is 1. The lowest BCUT2D eigenvalue weighted by Crippen LogP contribution is -2.25. The van der Waals surface area contributed by atoms with E-state index in [-0.39, 0.29) is 18.2 Å². The van der Waals surface area contributed by atoms with Crippen molar-refractivity contribution in [3.63, 3.8) is 0 Å². The number of carbonyl (C=O) groups excluding carboxylic acids is 1. The van der Waals surface area contributed by atoms with Crippen LogP contribution >= 0.6 is 11.8 Å². The average Bonchev–Trinajstić information content (AvgIpc) is 2.50. The number of anilines is 2. The number of hydrogen-bond donors (Lipinski definition) is 1. The first-order valence-corrected chi connectivity index (χ1v) is 7.33. The molecule has 22 heavy (non-hydrogen) atoms. The molecule has 1 N–H and O–H groups in total. The van der Waals surface area contributed by atoms with E-state index in [2.05, 4.69) is 0 Å². The SMILES string of the molecule is CC(=O)N1c2ccc(CO)cc2Sc2cc([N+](=O)[O-])ccc21. The molecule has 0 bridgehead atoms. The monoisotopic (exact) mass is 316 g/mol. The van der Waals surface area contributed by atoms with Crippen molar-refractivity contribution < 1.29 is 14.8 Å². The van der Waals surface area contributed by atoms with Crippen LogP contribution in [0.15, 0.2) is 46.2 Å². The first kappa shape index (κ1) is 14.6. The van der Waals surface area contributed by atoms with Gasteiger partial charge >= 0.3 is 0 Å². The van der Waals surface area contributed by atoms with Gasteiger partial charge in [-0.15, -0.1) is 0 Å². The molecule has 112 valence electrons. The van der Waals surface area contributed by atoms with Crippen LogP contribution in [-0.4, -0.2) is 15.9 Å². The Morgan fingerprint density at radius 1 is 1.23 bits per heavy atom. The van der Waals surface area contributed by atoms with Gasteiger partial charge in [0.05, 0.1) is 22.9 Å². The van der Waals surface area contributed by atoms with Crippen LogP contribution in [0, 0.1) is 10.1 Å². The fourth-order valence-corrected chi connectivity index (χ4v) is 3.55. The van der Waals surface area contributed by atoms with Crippen LogP contribution in [0.2, 0.25) is 0 Å². The number of nitro groups is 1. The zero-order chi connectivity index (χ0) is 15.9. The van der Waals surface area contributed by atoms with Gasteiger partial charge in [-0.1, -0.05) is 17.8 Å². The fraction of sp³-hybridized carbons (Fsp3) is 0.133. The second kappa shape index (κ2) is 5.43. The van der Waals surface area contributed by atoms with E-state index < -0.39 is 4.92 Å². The van der Waals surface area contributed by atoms with Crippen molar-refractivity contribution in [3.8, 4) is 0 Å². The maximum atomic E-state index is 12.0. The molecule has 2 aromatic rings. The van der Waals surface area contributed by atoms with Gasteiger partial charge in [0.25, 0.3) is 5.69 Å². The van der Waals surface area contributed by atoms with E-state index in [9.17, 15) is 20.0 Å². The molecule has 2 aromatic carbocycles. The molecule has 0 atom stereocenters. The molecule has 0 fully saturated rings. The summed E-state index contributed by atoms with van der Waals surface area (Å²) in [6.07, 6.45) is 0. The number of aliphatic hydroxyl groups is 1. The Hall–Kier alpha value is -2.38. The predicted molar refractivity (Wildman–Crippen MR) is 82.4 cm³/mol. The van der Waals surface area contributed by atoms with Crippen molar-refractivity contribution in [2.75, 3.05) is 4.90 Å². The smallest absolute Gasteiger partial charge is 0.270 e. The van der Waals surface area contributed by atoms with Crippen molar-refractivity contribution in [1.29, 1.82) is 0 Å². The second-order valence-electron chi connectivity index (χ2n) is 4.83. The van der Waals surface area contributed by atoms with Crippen LogP contribution in [0.4, 0.5) is 17.1 Å². The molecule has 0 spiro atoms. The van der Waals surface area contributed by atoms with Crippen molar-refractivity contribution in [3.05, 3.63) is 52.1 Å². The standard InChI is InChI=1S/C15H12N2O4S/c1-9(19)16-12-4-2-10(8-18)6-14(12)22-15-7-11(17(20)21)3-5-13(15)16/h2-7,18H,8H2,1H3. The van der Waals surface area contributed by atoms with Crippen molar-refractivity contribution >= 4 is 34.7 Å². The van der Waals surface area contributed by atoms with Gasteiger partial charge in [-0.2, -0.15) is 0 Å². The molecule has 6 nitrogen and oxygen atoms in total. The molecule has 1 aliphatic heterocycles. The van der Waals surface area contributed by atoms with E-state index in [1.54, 1.807) is 24.3 Å². The molecule has 0 aromatic heterocycles. The minimum Gasteiger partial charge on any atom is -0.392 e. The van der Waals surface area contributed by atoms with Gasteiger partial charge in [-0.3, -0.25) is 19.8 Å². The third kappa shape index (κ3) is 2.34. The maximum absolute atomic E-state index is 12.0. The Morgan fingerprint density at radius 3 is 2.45 bits per heavy atom. The number of fused-ring (bicyclic) bond motifs is 2. The number of non-ortho nitro benzene ring substituents is 1. The van der Waals surface area contributed by atoms with E-state index in [0.717, 1.165) is 16.1 Å². The Labute approximate surface area is 130 Å². The van der Waals surface area contributed by atoms with Crippen LogP contribution in [0.3, 0.4) is 0 Å². The zero-order valence-electron chi connectivity index (χ0n) is 11.6. The molecular weight excluding hydrogens is 304 g/mol. The Balaban J connectivity index is 2.18. The number of hydrogen-bond acceptors (Lipinski definition) is 5. The summed E-state index contributed by atoms with van der Waals surface area (Å²) in [5.41, 5.74) is 2.06. The first-order valence-electron chi connectivity index (χ1n) is 6.52. The van der Waals surface area contributed by atoms with Crippen LogP contribution < -0.4 is 4.90 Å². The van der Waals surface area contributed by atoms with E-state index in [1.807, 2.05) is 0 Å². The van der Waals surface area contributed by atoms with Gasteiger partial charge in [0, 0.05) is 28.8 Å². The molecule has 0 saturated carbocycles. The summed E-state index contributed by atoms with van der Waals surface area (Å²) in [4.78, 5) is 25.5. The van der Waals surface area contributed by atoms with Gasteiger partial charge < -0.3 is 5.11 Å². The second-order valence-corrected chi connectivity index (χ2v) is 5.91. The Morgan fingerprint density at radius 2 is 1.86 bits per heavy atom. The number of aliphatic hydroxyl groups excluding tert-OH is 1. The van der Waals surface area contributed by atoms with Crippen molar-refractivity contribution in [2.45, 2.75) is 23.3 Å². The van der Waals surface area contributed by atoms with E-state index in [1.165, 1.54) is 35.7 Å². The number of rotatable bonds is 2. The predicted octanol–water partition coefficient (Wildman–Crippen LogP) is 3.24. The highest BCUT2D eigenvalue weighted by atomic mass is 32.2. The molecule has 7 heteroatoms. The molecule has 1 aliphatic rings. The van der Waals surface area contributed by atoms with Gasteiger partial charge in [-0.25, -0.2) is 0 Å². The first-order chi connectivity index (χ1) is 10.5. The fourth-order valence-electron chi connectivity index (χ4n) is 2.39. The van der Waals surface area contributed by atoms with E-state index >= 15 is 0 Å². The summed E-state index contributed by atoms with van der Waals surface area (Å²) in [7, 11) is 0.